The number of aliphatic hydroxyl groups excluding tert-OH is 2. The van der Waals surface area contributed by atoms with Gasteiger partial charge in [0.1, 0.15) is 12.5 Å². The Morgan fingerprint density at radius 3 is 2.69 bits per heavy atom. The summed E-state index contributed by atoms with van der Waals surface area (Å²) in [5.41, 5.74) is 1.17. The third kappa shape index (κ3) is 7.89. The molecule has 1 aromatic rings. The molecule has 3 aliphatic heterocycles. The molecule has 0 aliphatic carbocycles. The van der Waals surface area contributed by atoms with Gasteiger partial charge in [-0.25, -0.2) is 0 Å². The van der Waals surface area contributed by atoms with E-state index >= 15 is 0 Å². The van der Waals surface area contributed by atoms with Crippen LogP contribution < -0.4 is 14.2 Å². The molecule has 0 bridgehead atoms. The van der Waals surface area contributed by atoms with Gasteiger partial charge in [-0.05, 0) is 82.1 Å². The normalized spacial score (nSPS) is 23.4. The van der Waals surface area contributed by atoms with E-state index < -0.39 is 12.5 Å². The van der Waals surface area contributed by atoms with E-state index in [9.17, 15) is 10.2 Å². The van der Waals surface area contributed by atoms with E-state index in [1.165, 1.54) is 5.56 Å². The molecule has 3 aliphatic rings. The zero-order chi connectivity index (χ0) is 27.8. The first-order valence-corrected chi connectivity index (χ1v) is 14.5. The van der Waals surface area contributed by atoms with Crippen LogP contribution in [-0.4, -0.2) is 116 Å². The molecule has 39 heavy (non-hydrogen) atoms. The Morgan fingerprint density at radius 1 is 1.13 bits per heavy atom. The van der Waals surface area contributed by atoms with Gasteiger partial charge in [0.25, 0.3) is 0 Å². The van der Waals surface area contributed by atoms with Crippen LogP contribution in [0.1, 0.15) is 50.5 Å². The van der Waals surface area contributed by atoms with E-state index in [4.69, 9.17) is 14.2 Å². The Bertz CT molecular complexity index is 971. The first-order chi connectivity index (χ1) is 18.9. The lowest BCUT2D eigenvalue weighted by atomic mass is 9.94. The molecule has 1 saturated heterocycles. The lowest BCUT2D eigenvalue weighted by molar-refractivity contribution is -0.0272. The third-order valence-electron chi connectivity index (χ3n) is 8.08. The Labute approximate surface area is 234 Å². The molecule has 0 aromatic heterocycles. The van der Waals surface area contributed by atoms with Crippen molar-refractivity contribution in [2.75, 3.05) is 67.3 Å². The molecule has 4 rings (SSSR count). The van der Waals surface area contributed by atoms with Crippen LogP contribution in [0.3, 0.4) is 0 Å². The van der Waals surface area contributed by atoms with Crippen LogP contribution in [0.4, 0.5) is 0 Å². The van der Waals surface area contributed by atoms with Crippen molar-refractivity contribution in [3.63, 3.8) is 0 Å². The van der Waals surface area contributed by atoms with Gasteiger partial charge < -0.3 is 34.2 Å². The molecule has 0 radical (unpaired) electrons. The van der Waals surface area contributed by atoms with Gasteiger partial charge in [0.2, 0.25) is 12.5 Å². The van der Waals surface area contributed by atoms with Gasteiger partial charge in [0, 0.05) is 45.0 Å². The Balaban J connectivity index is 1.48. The highest BCUT2D eigenvalue weighted by atomic mass is 16.7. The Kier molecular flexibility index (Phi) is 10.9. The van der Waals surface area contributed by atoms with E-state index in [-0.39, 0.29) is 18.8 Å². The lowest BCUT2D eigenvalue weighted by Gasteiger charge is -2.34. The number of benzene rings is 1. The number of allylic oxidation sites excluding steroid dienone is 2. The number of rotatable bonds is 15. The van der Waals surface area contributed by atoms with Crippen molar-refractivity contribution in [2.45, 2.75) is 63.4 Å². The van der Waals surface area contributed by atoms with E-state index in [2.05, 4.69) is 47.9 Å². The average molecular weight is 545 g/mol. The van der Waals surface area contributed by atoms with E-state index in [0.29, 0.717) is 18.0 Å². The highest BCUT2D eigenvalue weighted by Crippen LogP contribution is 2.45. The first kappa shape index (κ1) is 29.7. The fourth-order valence-corrected chi connectivity index (χ4v) is 5.85. The van der Waals surface area contributed by atoms with Crippen LogP contribution in [-0.2, 0) is 0 Å². The van der Waals surface area contributed by atoms with Gasteiger partial charge >= 0.3 is 0 Å². The van der Waals surface area contributed by atoms with Crippen LogP contribution in [0.2, 0.25) is 0 Å². The van der Waals surface area contributed by atoms with Crippen LogP contribution >= 0.6 is 0 Å². The van der Waals surface area contributed by atoms with Gasteiger partial charge in [-0.15, -0.1) is 0 Å². The number of unbranched alkanes of at least 4 members (excludes halogenated alkanes) is 1. The molecule has 2 N–H and O–H groups in total. The van der Waals surface area contributed by atoms with E-state index in [0.717, 1.165) is 70.6 Å². The number of methoxy groups -OCH3 is 1. The smallest absolute Gasteiger partial charge is 0.231 e. The van der Waals surface area contributed by atoms with Crippen LogP contribution in [0, 0.1) is 0 Å². The van der Waals surface area contributed by atoms with Gasteiger partial charge in [-0.2, -0.15) is 0 Å². The molecular formula is C30H48N4O5. The predicted octanol–water partition coefficient (Wildman–Crippen LogP) is 3.05. The molecule has 4 atom stereocenters. The number of likely N-dealkylation sites (tertiary alicyclic amines) is 1. The topological polar surface area (TPSA) is 81.1 Å². The standard InChI is InChI=1S/C30H48N4O5/c1-5-6-13-32(15-9-12-31(2)3)29(36)21-34-20-24(17-25(34)11-16-33-14-8-7-10-28(33)35)23-18-26(37-4)30-27(19-23)38-22-39-30/h7-8,10,14,18-19,24-25,28-29,35-36H,5-6,9,11-13,15-17,20-22H2,1-4H3/t24-,25+,28?,29?/m1/s1. The van der Waals surface area contributed by atoms with Gasteiger partial charge in [-0.1, -0.05) is 19.4 Å². The maximum absolute atomic E-state index is 11.4. The number of ether oxygens (including phenoxy) is 3. The summed E-state index contributed by atoms with van der Waals surface area (Å²) in [7, 11) is 5.85. The molecule has 1 aromatic carbocycles. The Morgan fingerprint density at radius 2 is 1.95 bits per heavy atom. The first-order valence-electron chi connectivity index (χ1n) is 14.5. The second-order valence-corrected chi connectivity index (χ2v) is 11.2. The van der Waals surface area contributed by atoms with Crippen molar-refractivity contribution < 1.29 is 24.4 Å². The lowest BCUT2D eigenvalue weighted by Crippen LogP contribution is -2.47. The summed E-state index contributed by atoms with van der Waals surface area (Å²) in [6.07, 6.45) is 11.6. The maximum Gasteiger partial charge on any atom is 0.231 e. The van der Waals surface area contributed by atoms with Gasteiger partial charge in [0.05, 0.1) is 7.11 Å². The van der Waals surface area contributed by atoms with Crippen molar-refractivity contribution in [2.24, 2.45) is 0 Å². The van der Waals surface area contributed by atoms with Crippen LogP contribution in [0.15, 0.2) is 36.6 Å². The molecule has 218 valence electrons. The number of fused-ring (bicyclic) bond motifs is 1. The minimum atomic E-state index is -0.592. The predicted molar refractivity (Wildman–Crippen MR) is 153 cm³/mol. The second kappa shape index (κ2) is 14.4. The van der Waals surface area contributed by atoms with Crippen molar-refractivity contribution in [1.29, 1.82) is 0 Å². The minimum Gasteiger partial charge on any atom is -0.493 e. The summed E-state index contributed by atoms with van der Waals surface area (Å²) in [5, 5.41) is 21.8. The molecule has 1 fully saturated rings. The van der Waals surface area contributed by atoms with Crippen LogP contribution in [0.25, 0.3) is 0 Å². The van der Waals surface area contributed by atoms with Crippen LogP contribution in [0.5, 0.6) is 17.2 Å². The zero-order valence-electron chi connectivity index (χ0n) is 24.2. The van der Waals surface area contributed by atoms with Gasteiger partial charge in [0.15, 0.2) is 11.5 Å². The largest absolute Gasteiger partial charge is 0.493 e. The van der Waals surface area contributed by atoms with Crippen molar-refractivity contribution in [1.82, 2.24) is 19.6 Å². The quantitative estimate of drug-likeness (QED) is 0.324. The fourth-order valence-electron chi connectivity index (χ4n) is 5.85. The van der Waals surface area contributed by atoms with E-state index in [1.807, 2.05) is 23.3 Å². The highest BCUT2D eigenvalue weighted by molar-refractivity contribution is 5.55. The molecular weight excluding hydrogens is 496 g/mol. The number of hydrogen-bond donors (Lipinski definition) is 2. The molecule has 0 amide bonds. The minimum absolute atomic E-state index is 0.211. The molecule has 0 saturated carbocycles. The fraction of sp³-hybridized carbons (Fsp3) is 0.667. The SMILES string of the molecule is CCCCN(CCCN(C)C)C(O)CN1C[C@H](c2cc(OC)c3c(c2)OCO3)C[C@@H]1CCN1C=CC=CC1O. The van der Waals surface area contributed by atoms with Gasteiger partial charge in [-0.3, -0.25) is 9.80 Å². The second-order valence-electron chi connectivity index (χ2n) is 11.2. The van der Waals surface area contributed by atoms with Crippen molar-refractivity contribution >= 4 is 0 Å². The van der Waals surface area contributed by atoms with E-state index in [1.54, 1.807) is 13.2 Å². The molecule has 9 nitrogen and oxygen atoms in total. The highest BCUT2D eigenvalue weighted by Gasteiger charge is 2.36. The molecule has 3 heterocycles. The number of nitrogens with zero attached hydrogens (tertiary/aromatic N) is 4. The summed E-state index contributed by atoms with van der Waals surface area (Å²) in [4.78, 5) is 8.88. The summed E-state index contributed by atoms with van der Waals surface area (Å²) < 4.78 is 16.9. The van der Waals surface area contributed by atoms with Crippen molar-refractivity contribution in [3.8, 4) is 17.2 Å². The number of hydrogen-bond acceptors (Lipinski definition) is 9. The molecule has 0 spiro atoms. The summed E-state index contributed by atoms with van der Waals surface area (Å²) >= 11 is 0. The summed E-state index contributed by atoms with van der Waals surface area (Å²) in [6, 6.07) is 4.44. The summed E-state index contributed by atoms with van der Waals surface area (Å²) in [6.45, 7) is 7.41. The maximum atomic E-state index is 11.4. The molecule has 9 heteroatoms. The average Bonchev–Trinajstić information content (AvgIpc) is 3.56. The zero-order valence-corrected chi connectivity index (χ0v) is 24.2. The third-order valence-corrected chi connectivity index (χ3v) is 8.08. The number of β-amino-alcohol motifs (C(OH)–C–C–N with tert-alkyl or cyclic N) is 1. The van der Waals surface area contributed by atoms with Crippen molar-refractivity contribution in [3.05, 3.63) is 42.1 Å². The Hall–Kier alpha value is -2.30. The number of aliphatic hydroxyl groups is 2. The monoisotopic (exact) mass is 544 g/mol. The summed E-state index contributed by atoms with van der Waals surface area (Å²) in [5.74, 6) is 2.39. The molecule has 2 unspecified atom stereocenters.